The second-order valence-corrected chi connectivity index (χ2v) is 4.35. The van der Waals surface area contributed by atoms with E-state index in [2.05, 4.69) is 10.3 Å². The molecule has 90 valence electrons. The lowest BCUT2D eigenvalue weighted by atomic mass is 10.3. The van der Waals surface area contributed by atoms with Crippen LogP contribution in [0.25, 0.3) is 0 Å². The molecule has 1 aromatic heterocycles. The van der Waals surface area contributed by atoms with Gasteiger partial charge in [-0.1, -0.05) is 0 Å². The Morgan fingerprint density at radius 2 is 2.38 bits per heavy atom. The van der Waals surface area contributed by atoms with Gasteiger partial charge in [0.2, 0.25) is 0 Å². The van der Waals surface area contributed by atoms with Gasteiger partial charge in [0.25, 0.3) is 5.91 Å². The van der Waals surface area contributed by atoms with Gasteiger partial charge in [-0.05, 0) is 13.8 Å². The summed E-state index contributed by atoms with van der Waals surface area (Å²) in [5.74, 6) is -0.196. The highest BCUT2D eigenvalue weighted by atomic mass is 32.1. The Morgan fingerprint density at radius 1 is 1.69 bits per heavy atom. The fourth-order valence-electron chi connectivity index (χ4n) is 1.15. The van der Waals surface area contributed by atoms with E-state index >= 15 is 0 Å². The van der Waals surface area contributed by atoms with Crippen LogP contribution in [0.15, 0.2) is 0 Å². The number of nitrogens with one attached hydrogen (secondary N) is 1. The number of methoxy groups -OCH3 is 1. The van der Waals surface area contributed by atoms with E-state index in [0.29, 0.717) is 10.6 Å². The zero-order valence-corrected chi connectivity index (χ0v) is 10.4. The van der Waals surface area contributed by atoms with Gasteiger partial charge in [-0.25, -0.2) is 4.98 Å². The molecule has 1 aromatic rings. The maximum Gasteiger partial charge on any atom is 0.263 e. The van der Waals surface area contributed by atoms with Gasteiger partial charge >= 0.3 is 0 Å². The summed E-state index contributed by atoms with van der Waals surface area (Å²) in [6.45, 7) is 3.86. The van der Waals surface area contributed by atoms with Crippen molar-refractivity contribution in [3.05, 3.63) is 15.6 Å². The maximum absolute atomic E-state index is 11.7. The smallest absolute Gasteiger partial charge is 0.263 e. The highest BCUT2D eigenvalue weighted by molar-refractivity contribution is 7.13. The summed E-state index contributed by atoms with van der Waals surface area (Å²) in [5, 5.41) is 12.0. The standard InChI is InChI=1S/C10H16N2O3S/c1-6-8(9(14)11-4-5-13)16-10(12-6)7(2)15-3/h7,13H,4-5H2,1-3H3,(H,11,14). The SMILES string of the molecule is COC(C)c1nc(C)c(C(=O)NCCO)s1. The number of nitrogens with zero attached hydrogens (tertiary/aromatic N) is 1. The number of rotatable bonds is 5. The molecule has 0 saturated heterocycles. The molecule has 0 bridgehead atoms. The molecule has 1 amide bonds. The van der Waals surface area contributed by atoms with Crippen LogP contribution in [-0.4, -0.2) is 36.3 Å². The Morgan fingerprint density at radius 3 is 2.94 bits per heavy atom. The van der Waals surface area contributed by atoms with Crippen LogP contribution in [0.3, 0.4) is 0 Å². The van der Waals surface area contributed by atoms with Crippen molar-refractivity contribution in [1.82, 2.24) is 10.3 Å². The van der Waals surface area contributed by atoms with Gasteiger partial charge in [0.15, 0.2) is 0 Å². The molecule has 2 N–H and O–H groups in total. The Labute approximate surface area is 98.5 Å². The third kappa shape index (κ3) is 3.01. The molecule has 6 heteroatoms. The van der Waals surface area contributed by atoms with Gasteiger partial charge in [-0.3, -0.25) is 4.79 Å². The monoisotopic (exact) mass is 244 g/mol. The second kappa shape index (κ2) is 5.93. The molecule has 0 aromatic carbocycles. The predicted molar refractivity (Wildman–Crippen MR) is 61.7 cm³/mol. The lowest BCUT2D eigenvalue weighted by molar-refractivity contribution is 0.0948. The van der Waals surface area contributed by atoms with Crippen LogP contribution >= 0.6 is 11.3 Å². The first-order valence-electron chi connectivity index (χ1n) is 4.99. The summed E-state index contributed by atoms with van der Waals surface area (Å²) in [6.07, 6.45) is -0.108. The highest BCUT2D eigenvalue weighted by Crippen LogP contribution is 2.24. The molecule has 1 unspecified atom stereocenters. The third-order valence-electron chi connectivity index (χ3n) is 2.12. The average molecular weight is 244 g/mol. The number of carbonyl (C=O) groups excluding carboxylic acids is 1. The highest BCUT2D eigenvalue weighted by Gasteiger charge is 2.17. The Hall–Kier alpha value is -0.980. The number of aromatic nitrogens is 1. The van der Waals surface area contributed by atoms with Gasteiger partial charge in [0, 0.05) is 13.7 Å². The van der Waals surface area contributed by atoms with Crippen LogP contribution in [0, 0.1) is 6.92 Å². The molecule has 0 spiro atoms. The van der Waals surface area contributed by atoms with Crippen LogP contribution in [-0.2, 0) is 4.74 Å². The van der Waals surface area contributed by atoms with Crippen LogP contribution < -0.4 is 5.32 Å². The molecular weight excluding hydrogens is 228 g/mol. The second-order valence-electron chi connectivity index (χ2n) is 3.32. The van der Waals surface area contributed by atoms with E-state index in [9.17, 15) is 4.79 Å². The molecule has 0 aliphatic heterocycles. The van der Waals surface area contributed by atoms with E-state index in [1.54, 1.807) is 14.0 Å². The van der Waals surface area contributed by atoms with E-state index in [-0.39, 0.29) is 25.2 Å². The molecule has 0 aliphatic carbocycles. The van der Waals surface area contributed by atoms with Crippen molar-refractivity contribution in [3.8, 4) is 0 Å². The van der Waals surface area contributed by atoms with Crippen LogP contribution in [0.1, 0.15) is 33.4 Å². The number of amides is 1. The molecular formula is C10H16N2O3S. The van der Waals surface area contributed by atoms with Crippen molar-refractivity contribution >= 4 is 17.2 Å². The zero-order valence-electron chi connectivity index (χ0n) is 9.61. The Bertz CT molecular complexity index is 365. The average Bonchev–Trinajstić information content (AvgIpc) is 2.67. The zero-order chi connectivity index (χ0) is 12.1. The number of thiazole rings is 1. The molecule has 1 rings (SSSR count). The van der Waals surface area contributed by atoms with Gasteiger partial charge in [-0.2, -0.15) is 0 Å². The molecule has 0 saturated carbocycles. The van der Waals surface area contributed by atoms with Crippen LogP contribution in [0.5, 0.6) is 0 Å². The first-order chi connectivity index (χ1) is 7.60. The number of aliphatic hydroxyl groups excluding tert-OH is 1. The summed E-state index contributed by atoms with van der Waals surface area (Å²) in [6, 6.07) is 0. The first kappa shape index (κ1) is 13.1. The largest absolute Gasteiger partial charge is 0.395 e. The normalized spacial score (nSPS) is 12.5. The predicted octanol–water partition coefficient (Wildman–Crippen LogP) is 0.881. The summed E-state index contributed by atoms with van der Waals surface area (Å²) in [5.41, 5.74) is 0.694. The number of hydrogen-bond acceptors (Lipinski definition) is 5. The summed E-state index contributed by atoms with van der Waals surface area (Å²) in [7, 11) is 1.60. The Balaban J connectivity index is 2.80. The molecule has 0 radical (unpaired) electrons. The number of aryl methyl sites for hydroxylation is 1. The van der Waals surface area contributed by atoms with Crippen molar-refractivity contribution < 1.29 is 14.6 Å². The van der Waals surface area contributed by atoms with E-state index in [1.165, 1.54) is 11.3 Å². The van der Waals surface area contributed by atoms with Crippen molar-refractivity contribution in [2.75, 3.05) is 20.3 Å². The van der Waals surface area contributed by atoms with Gasteiger partial charge in [0.05, 0.1) is 12.3 Å². The van der Waals surface area contributed by atoms with Crippen LogP contribution in [0.2, 0.25) is 0 Å². The quantitative estimate of drug-likeness (QED) is 0.806. The lowest BCUT2D eigenvalue weighted by Gasteiger charge is -2.03. The number of aliphatic hydroxyl groups is 1. The molecule has 1 heterocycles. The number of ether oxygens (including phenoxy) is 1. The topological polar surface area (TPSA) is 71.5 Å². The summed E-state index contributed by atoms with van der Waals surface area (Å²) in [4.78, 5) is 16.5. The minimum Gasteiger partial charge on any atom is -0.395 e. The number of hydrogen-bond donors (Lipinski definition) is 2. The summed E-state index contributed by atoms with van der Waals surface area (Å²) >= 11 is 1.32. The minimum absolute atomic E-state index is 0.0646. The van der Waals surface area contributed by atoms with Crippen molar-refractivity contribution in [2.24, 2.45) is 0 Å². The van der Waals surface area contributed by atoms with E-state index < -0.39 is 0 Å². The fourth-order valence-corrected chi connectivity index (χ4v) is 2.16. The molecule has 0 fully saturated rings. The van der Waals surface area contributed by atoms with Crippen molar-refractivity contribution in [3.63, 3.8) is 0 Å². The maximum atomic E-state index is 11.7. The van der Waals surface area contributed by atoms with E-state index in [4.69, 9.17) is 9.84 Å². The molecule has 1 atom stereocenters. The van der Waals surface area contributed by atoms with E-state index in [1.807, 2.05) is 6.92 Å². The molecule has 0 aliphatic rings. The molecule has 5 nitrogen and oxygen atoms in total. The Kier molecular flexibility index (Phi) is 4.85. The fraction of sp³-hybridized carbons (Fsp3) is 0.600. The van der Waals surface area contributed by atoms with Crippen molar-refractivity contribution in [1.29, 1.82) is 0 Å². The number of carbonyl (C=O) groups is 1. The van der Waals surface area contributed by atoms with Crippen molar-refractivity contribution in [2.45, 2.75) is 20.0 Å². The third-order valence-corrected chi connectivity index (χ3v) is 3.44. The summed E-state index contributed by atoms with van der Waals surface area (Å²) < 4.78 is 5.14. The van der Waals surface area contributed by atoms with Gasteiger partial charge < -0.3 is 15.2 Å². The minimum atomic E-state index is -0.196. The lowest BCUT2D eigenvalue weighted by Crippen LogP contribution is -2.26. The molecule has 16 heavy (non-hydrogen) atoms. The first-order valence-corrected chi connectivity index (χ1v) is 5.81. The van der Waals surface area contributed by atoms with Gasteiger partial charge in [0.1, 0.15) is 16.0 Å². The van der Waals surface area contributed by atoms with E-state index in [0.717, 1.165) is 5.01 Å². The van der Waals surface area contributed by atoms with Crippen LogP contribution in [0.4, 0.5) is 0 Å². The van der Waals surface area contributed by atoms with Gasteiger partial charge in [-0.15, -0.1) is 11.3 Å².